The van der Waals surface area contributed by atoms with Gasteiger partial charge in [-0.25, -0.2) is 4.79 Å². The van der Waals surface area contributed by atoms with Crippen molar-refractivity contribution in [2.24, 2.45) is 0 Å². The molecule has 4 heteroatoms. The normalized spacial score (nSPS) is 10.1. The van der Waals surface area contributed by atoms with Crippen molar-refractivity contribution >= 4 is 6.03 Å². The van der Waals surface area contributed by atoms with Crippen molar-refractivity contribution in [2.45, 2.75) is 26.9 Å². The van der Waals surface area contributed by atoms with E-state index >= 15 is 0 Å². The Morgan fingerprint density at radius 1 is 1.00 bits per heavy atom. The zero-order chi connectivity index (χ0) is 15.8. The van der Waals surface area contributed by atoms with Gasteiger partial charge in [-0.3, -0.25) is 0 Å². The van der Waals surface area contributed by atoms with E-state index in [2.05, 4.69) is 10.6 Å². The zero-order valence-electron chi connectivity index (χ0n) is 13.1. The van der Waals surface area contributed by atoms with Crippen molar-refractivity contribution < 1.29 is 9.53 Å². The molecular formula is C18H22N2O2. The SMILES string of the molecule is CCOc1ccccc1CNC(=O)NCc1ccc(C)cc1. The minimum absolute atomic E-state index is 0.188. The van der Waals surface area contributed by atoms with Crippen molar-refractivity contribution in [3.8, 4) is 5.75 Å². The summed E-state index contributed by atoms with van der Waals surface area (Å²) >= 11 is 0. The molecule has 2 rings (SSSR count). The van der Waals surface area contributed by atoms with Crippen LogP contribution < -0.4 is 15.4 Å². The first kappa shape index (κ1) is 15.9. The second kappa shape index (κ2) is 8.08. The van der Waals surface area contributed by atoms with Crippen LogP contribution in [-0.2, 0) is 13.1 Å². The predicted octanol–water partition coefficient (Wildman–Crippen LogP) is 3.39. The van der Waals surface area contributed by atoms with Gasteiger partial charge in [-0.2, -0.15) is 0 Å². The van der Waals surface area contributed by atoms with Crippen molar-refractivity contribution in [3.63, 3.8) is 0 Å². The van der Waals surface area contributed by atoms with E-state index < -0.39 is 0 Å². The number of ether oxygens (including phenoxy) is 1. The molecule has 0 aromatic heterocycles. The highest BCUT2D eigenvalue weighted by molar-refractivity contribution is 5.73. The van der Waals surface area contributed by atoms with Crippen LogP contribution in [0.2, 0.25) is 0 Å². The van der Waals surface area contributed by atoms with Gasteiger partial charge >= 0.3 is 6.03 Å². The molecule has 0 atom stereocenters. The largest absolute Gasteiger partial charge is 0.494 e. The summed E-state index contributed by atoms with van der Waals surface area (Å²) in [5.41, 5.74) is 3.26. The van der Waals surface area contributed by atoms with E-state index in [9.17, 15) is 4.79 Å². The molecule has 0 saturated heterocycles. The Balaban J connectivity index is 1.81. The number of hydrogen-bond donors (Lipinski definition) is 2. The molecule has 22 heavy (non-hydrogen) atoms. The summed E-state index contributed by atoms with van der Waals surface area (Å²) in [6.45, 7) is 5.55. The van der Waals surface area contributed by atoms with Gasteiger partial charge in [0.05, 0.1) is 6.61 Å². The Labute approximate surface area is 131 Å². The molecular weight excluding hydrogens is 276 g/mol. The number of amides is 2. The van der Waals surface area contributed by atoms with Gasteiger partial charge < -0.3 is 15.4 Å². The third-order valence-corrected chi connectivity index (χ3v) is 3.29. The number of aryl methyl sites for hydroxylation is 1. The van der Waals surface area contributed by atoms with Crippen molar-refractivity contribution in [1.29, 1.82) is 0 Å². The molecule has 0 unspecified atom stereocenters. The van der Waals surface area contributed by atoms with Gasteiger partial charge in [-0.15, -0.1) is 0 Å². The molecule has 0 bridgehead atoms. The minimum atomic E-state index is -0.188. The highest BCUT2D eigenvalue weighted by Gasteiger charge is 2.05. The highest BCUT2D eigenvalue weighted by Crippen LogP contribution is 2.17. The predicted molar refractivity (Wildman–Crippen MR) is 87.9 cm³/mol. The number of urea groups is 1. The summed E-state index contributed by atoms with van der Waals surface area (Å²) in [4.78, 5) is 11.9. The van der Waals surface area contributed by atoms with E-state index in [0.717, 1.165) is 16.9 Å². The van der Waals surface area contributed by atoms with Gasteiger partial charge in [0, 0.05) is 18.7 Å². The monoisotopic (exact) mass is 298 g/mol. The number of benzene rings is 2. The lowest BCUT2D eigenvalue weighted by molar-refractivity contribution is 0.240. The average molecular weight is 298 g/mol. The molecule has 0 spiro atoms. The molecule has 0 aliphatic rings. The lowest BCUT2D eigenvalue weighted by atomic mass is 10.1. The van der Waals surface area contributed by atoms with Crippen LogP contribution in [0.5, 0.6) is 5.75 Å². The fourth-order valence-corrected chi connectivity index (χ4v) is 2.07. The Bertz CT molecular complexity index is 609. The quantitative estimate of drug-likeness (QED) is 0.859. The van der Waals surface area contributed by atoms with Gasteiger partial charge in [0.1, 0.15) is 5.75 Å². The molecule has 2 aromatic carbocycles. The van der Waals surface area contributed by atoms with Crippen LogP contribution in [0.25, 0.3) is 0 Å². The maximum absolute atomic E-state index is 11.9. The molecule has 0 heterocycles. The van der Waals surface area contributed by atoms with E-state index in [1.54, 1.807) is 0 Å². The maximum Gasteiger partial charge on any atom is 0.315 e. The van der Waals surface area contributed by atoms with Gasteiger partial charge in [-0.1, -0.05) is 48.0 Å². The van der Waals surface area contributed by atoms with Crippen molar-refractivity contribution in [3.05, 3.63) is 65.2 Å². The van der Waals surface area contributed by atoms with Gasteiger partial charge in [0.25, 0.3) is 0 Å². The molecule has 2 aromatic rings. The topological polar surface area (TPSA) is 50.4 Å². The Morgan fingerprint density at radius 3 is 2.41 bits per heavy atom. The van der Waals surface area contributed by atoms with Crippen LogP contribution in [0.15, 0.2) is 48.5 Å². The molecule has 2 amide bonds. The number of hydrogen-bond acceptors (Lipinski definition) is 2. The summed E-state index contributed by atoms with van der Waals surface area (Å²) in [5, 5.41) is 5.70. The number of nitrogens with one attached hydrogen (secondary N) is 2. The standard InChI is InChI=1S/C18H22N2O2/c1-3-22-17-7-5-4-6-16(17)13-20-18(21)19-12-15-10-8-14(2)9-11-15/h4-11H,3,12-13H2,1-2H3,(H2,19,20,21). The molecule has 0 fully saturated rings. The Kier molecular flexibility index (Phi) is 5.83. The summed E-state index contributed by atoms with van der Waals surface area (Å²) in [7, 11) is 0. The minimum Gasteiger partial charge on any atom is -0.494 e. The van der Waals surface area contributed by atoms with E-state index in [1.165, 1.54) is 5.56 Å². The second-order valence-corrected chi connectivity index (χ2v) is 5.06. The van der Waals surface area contributed by atoms with Crippen LogP contribution in [-0.4, -0.2) is 12.6 Å². The lowest BCUT2D eigenvalue weighted by Gasteiger charge is -2.11. The molecule has 116 valence electrons. The molecule has 0 saturated carbocycles. The van der Waals surface area contributed by atoms with Crippen molar-refractivity contribution in [2.75, 3.05) is 6.61 Å². The molecule has 0 aliphatic heterocycles. The number of para-hydroxylation sites is 1. The fourth-order valence-electron chi connectivity index (χ4n) is 2.07. The summed E-state index contributed by atoms with van der Waals surface area (Å²) < 4.78 is 5.54. The molecule has 0 aliphatic carbocycles. The average Bonchev–Trinajstić information content (AvgIpc) is 2.54. The Hall–Kier alpha value is -2.49. The molecule has 0 radical (unpaired) electrons. The van der Waals surface area contributed by atoms with Gasteiger partial charge in [0.2, 0.25) is 0 Å². The smallest absolute Gasteiger partial charge is 0.315 e. The number of rotatable bonds is 6. The maximum atomic E-state index is 11.9. The summed E-state index contributed by atoms with van der Waals surface area (Å²) in [6.07, 6.45) is 0. The summed E-state index contributed by atoms with van der Waals surface area (Å²) in [5.74, 6) is 0.809. The molecule has 2 N–H and O–H groups in total. The number of carbonyl (C=O) groups excluding carboxylic acids is 1. The van der Waals surface area contributed by atoms with Crippen LogP contribution in [0.1, 0.15) is 23.6 Å². The van der Waals surface area contributed by atoms with E-state index in [-0.39, 0.29) is 6.03 Å². The zero-order valence-corrected chi connectivity index (χ0v) is 13.1. The number of carbonyl (C=O) groups is 1. The van der Waals surface area contributed by atoms with E-state index in [0.29, 0.717) is 19.7 Å². The Morgan fingerprint density at radius 2 is 1.68 bits per heavy atom. The van der Waals surface area contributed by atoms with Crippen molar-refractivity contribution in [1.82, 2.24) is 10.6 Å². The first-order valence-electron chi connectivity index (χ1n) is 7.47. The van der Waals surface area contributed by atoms with Crippen LogP contribution >= 0.6 is 0 Å². The first-order valence-corrected chi connectivity index (χ1v) is 7.47. The molecule has 4 nitrogen and oxygen atoms in total. The fraction of sp³-hybridized carbons (Fsp3) is 0.278. The van der Waals surface area contributed by atoms with Gasteiger partial charge in [0.15, 0.2) is 0 Å². The van der Waals surface area contributed by atoms with Crippen LogP contribution in [0.3, 0.4) is 0 Å². The second-order valence-electron chi connectivity index (χ2n) is 5.06. The van der Waals surface area contributed by atoms with E-state index in [1.807, 2.05) is 62.4 Å². The summed E-state index contributed by atoms with van der Waals surface area (Å²) in [6, 6.07) is 15.6. The highest BCUT2D eigenvalue weighted by atomic mass is 16.5. The van der Waals surface area contributed by atoms with Crippen LogP contribution in [0, 0.1) is 6.92 Å². The first-order chi connectivity index (χ1) is 10.7. The van der Waals surface area contributed by atoms with E-state index in [4.69, 9.17) is 4.74 Å². The van der Waals surface area contributed by atoms with Gasteiger partial charge in [-0.05, 0) is 25.5 Å². The van der Waals surface area contributed by atoms with Crippen LogP contribution in [0.4, 0.5) is 4.79 Å². The third kappa shape index (κ3) is 4.81. The lowest BCUT2D eigenvalue weighted by Crippen LogP contribution is -2.34. The third-order valence-electron chi connectivity index (χ3n) is 3.29.